The van der Waals surface area contributed by atoms with Gasteiger partial charge >= 0.3 is 0 Å². The van der Waals surface area contributed by atoms with E-state index in [4.69, 9.17) is 16.3 Å². The molecule has 0 aromatic heterocycles. The maximum absolute atomic E-state index is 12.8. The van der Waals surface area contributed by atoms with Crippen molar-refractivity contribution in [3.8, 4) is 5.75 Å². The van der Waals surface area contributed by atoms with Crippen molar-refractivity contribution in [2.24, 2.45) is 11.8 Å². The zero-order chi connectivity index (χ0) is 20.2. The summed E-state index contributed by atoms with van der Waals surface area (Å²) in [4.78, 5) is 12.8. The summed E-state index contributed by atoms with van der Waals surface area (Å²) < 4.78 is 31.2. The van der Waals surface area contributed by atoms with Crippen LogP contribution in [-0.2, 0) is 14.8 Å². The second kappa shape index (κ2) is 8.95. The second-order valence-corrected chi connectivity index (χ2v) is 9.37. The van der Waals surface area contributed by atoms with Crippen molar-refractivity contribution < 1.29 is 17.9 Å². The molecule has 0 fully saturated rings. The van der Waals surface area contributed by atoms with Crippen LogP contribution in [-0.4, -0.2) is 39.8 Å². The maximum atomic E-state index is 12.8. The largest absolute Gasteiger partial charge is 0.495 e. The lowest BCUT2D eigenvalue weighted by Gasteiger charge is -2.32. The summed E-state index contributed by atoms with van der Waals surface area (Å²) in [6, 6.07) is 3.63. The Morgan fingerprint density at radius 1 is 1.15 bits per heavy atom. The Hall–Kier alpha value is -1.47. The summed E-state index contributed by atoms with van der Waals surface area (Å²) in [6.07, 6.45) is 1.06. The maximum Gasteiger partial charge on any atom is 0.243 e. The molecule has 0 saturated heterocycles. The SMILES string of the molecule is COc1ccc(Cl)cc1N(C(C)C(=O)NC(C(C)C)C(C)C)S(C)(=O)=O. The number of carbonyl (C=O) groups is 1. The van der Waals surface area contributed by atoms with Crippen molar-refractivity contribution >= 4 is 33.2 Å². The van der Waals surface area contributed by atoms with Crippen LogP contribution in [0.2, 0.25) is 5.02 Å². The van der Waals surface area contributed by atoms with Gasteiger partial charge in [-0.05, 0) is 37.0 Å². The average Bonchev–Trinajstić information content (AvgIpc) is 2.50. The fourth-order valence-electron chi connectivity index (χ4n) is 3.00. The van der Waals surface area contributed by atoms with Crippen LogP contribution in [0.3, 0.4) is 0 Å². The Kier molecular flexibility index (Phi) is 7.77. The molecule has 0 radical (unpaired) electrons. The van der Waals surface area contributed by atoms with Crippen LogP contribution in [0, 0.1) is 11.8 Å². The van der Waals surface area contributed by atoms with E-state index in [-0.39, 0.29) is 29.5 Å². The fourth-order valence-corrected chi connectivity index (χ4v) is 4.34. The van der Waals surface area contributed by atoms with Gasteiger partial charge in [-0.25, -0.2) is 8.42 Å². The molecule has 1 aromatic carbocycles. The molecule has 0 spiro atoms. The van der Waals surface area contributed by atoms with E-state index < -0.39 is 16.1 Å². The molecule has 0 aliphatic rings. The number of amides is 1. The van der Waals surface area contributed by atoms with Crippen LogP contribution in [0.1, 0.15) is 34.6 Å². The highest BCUT2D eigenvalue weighted by molar-refractivity contribution is 7.92. The van der Waals surface area contributed by atoms with Gasteiger partial charge in [-0.1, -0.05) is 39.3 Å². The highest BCUT2D eigenvalue weighted by atomic mass is 35.5. The molecular weight excluding hydrogens is 376 g/mol. The Morgan fingerprint density at radius 3 is 2.12 bits per heavy atom. The quantitative estimate of drug-likeness (QED) is 0.721. The first kappa shape index (κ1) is 22.6. The molecule has 1 aromatic rings. The van der Waals surface area contributed by atoms with Gasteiger partial charge in [0, 0.05) is 11.1 Å². The lowest BCUT2D eigenvalue weighted by Crippen LogP contribution is -2.52. The summed E-state index contributed by atoms with van der Waals surface area (Å²) >= 11 is 6.04. The van der Waals surface area contributed by atoms with Crippen molar-refractivity contribution in [3.63, 3.8) is 0 Å². The number of sulfonamides is 1. The fraction of sp³-hybridized carbons (Fsp3) is 0.611. The first-order chi connectivity index (χ1) is 11.9. The lowest BCUT2D eigenvalue weighted by atomic mass is 9.93. The number of rotatable bonds is 8. The van der Waals surface area contributed by atoms with Crippen molar-refractivity contribution in [2.75, 3.05) is 17.7 Å². The van der Waals surface area contributed by atoms with E-state index in [1.54, 1.807) is 19.1 Å². The molecule has 1 rings (SSSR count). The number of anilines is 1. The number of nitrogens with one attached hydrogen (secondary N) is 1. The van der Waals surface area contributed by atoms with E-state index in [1.165, 1.54) is 13.2 Å². The zero-order valence-corrected chi connectivity index (χ0v) is 18.0. The van der Waals surface area contributed by atoms with Gasteiger partial charge in [0.15, 0.2) is 0 Å². The van der Waals surface area contributed by atoms with E-state index in [1.807, 2.05) is 27.7 Å². The van der Waals surface area contributed by atoms with Gasteiger partial charge in [0.05, 0.1) is 19.1 Å². The van der Waals surface area contributed by atoms with E-state index in [2.05, 4.69) is 5.32 Å². The van der Waals surface area contributed by atoms with Gasteiger partial charge in [-0.15, -0.1) is 0 Å². The monoisotopic (exact) mass is 404 g/mol. The smallest absolute Gasteiger partial charge is 0.243 e. The molecular formula is C18H29ClN2O4S. The van der Waals surface area contributed by atoms with Crippen molar-refractivity contribution in [3.05, 3.63) is 23.2 Å². The molecule has 0 bridgehead atoms. The number of benzene rings is 1. The predicted octanol–water partition coefficient (Wildman–Crippen LogP) is 3.30. The van der Waals surface area contributed by atoms with Crippen molar-refractivity contribution in [2.45, 2.75) is 46.7 Å². The molecule has 0 aliphatic heterocycles. The normalized spacial score (nSPS) is 13.2. The Morgan fingerprint density at radius 2 is 1.69 bits per heavy atom. The molecule has 1 atom stereocenters. The second-order valence-electron chi connectivity index (χ2n) is 7.07. The van der Waals surface area contributed by atoms with Crippen LogP contribution < -0.4 is 14.4 Å². The molecule has 148 valence electrons. The molecule has 26 heavy (non-hydrogen) atoms. The van der Waals surface area contributed by atoms with Crippen LogP contribution >= 0.6 is 11.6 Å². The molecule has 0 heterocycles. The third-order valence-corrected chi connectivity index (χ3v) is 5.67. The molecule has 0 saturated carbocycles. The van der Waals surface area contributed by atoms with Gasteiger partial charge in [0.25, 0.3) is 0 Å². The molecule has 6 nitrogen and oxygen atoms in total. The minimum Gasteiger partial charge on any atom is -0.495 e. The molecule has 0 aliphatic carbocycles. The summed E-state index contributed by atoms with van der Waals surface area (Å²) in [5.41, 5.74) is 0.232. The van der Waals surface area contributed by atoms with Gasteiger partial charge in [-0.2, -0.15) is 0 Å². The van der Waals surface area contributed by atoms with Gasteiger partial charge in [0.1, 0.15) is 11.8 Å². The van der Waals surface area contributed by atoms with E-state index in [0.717, 1.165) is 10.6 Å². The molecule has 8 heteroatoms. The summed E-state index contributed by atoms with van der Waals surface area (Å²) in [6.45, 7) is 9.62. The van der Waals surface area contributed by atoms with Crippen LogP contribution in [0.15, 0.2) is 18.2 Å². The Bertz CT molecular complexity index is 727. The minimum atomic E-state index is -3.75. The van der Waals surface area contributed by atoms with Gasteiger partial charge < -0.3 is 10.1 Å². The summed E-state index contributed by atoms with van der Waals surface area (Å²) in [5.74, 6) is 0.394. The number of nitrogens with zero attached hydrogens (tertiary/aromatic N) is 1. The number of halogens is 1. The minimum absolute atomic E-state index is 0.0624. The summed E-state index contributed by atoms with van der Waals surface area (Å²) in [7, 11) is -2.32. The molecule has 1 amide bonds. The first-order valence-electron chi connectivity index (χ1n) is 8.53. The first-order valence-corrected chi connectivity index (χ1v) is 10.8. The highest BCUT2D eigenvalue weighted by Crippen LogP contribution is 2.34. The Labute approximate surface area is 161 Å². The van der Waals surface area contributed by atoms with Crippen molar-refractivity contribution in [1.82, 2.24) is 5.32 Å². The van der Waals surface area contributed by atoms with Gasteiger partial charge in [-0.3, -0.25) is 9.10 Å². The van der Waals surface area contributed by atoms with E-state index in [9.17, 15) is 13.2 Å². The number of carbonyl (C=O) groups excluding carboxylic acids is 1. The average molecular weight is 405 g/mol. The molecule has 1 unspecified atom stereocenters. The van der Waals surface area contributed by atoms with Gasteiger partial charge in [0.2, 0.25) is 15.9 Å². The number of hydrogen-bond donors (Lipinski definition) is 1. The topological polar surface area (TPSA) is 75.7 Å². The highest BCUT2D eigenvalue weighted by Gasteiger charge is 2.33. The number of methoxy groups -OCH3 is 1. The van der Waals surface area contributed by atoms with E-state index >= 15 is 0 Å². The zero-order valence-electron chi connectivity index (χ0n) is 16.4. The van der Waals surface area contributed by atoms with Crippen LogP contribution in [0.25, 0.3) is 0 Å². The predicted molar refractivity (Wildman–Crippen MR) is 106 cm³/mol. The standard InChI is InChI=1S/C18H29ClN2O4S/c1-11(2)17(12(3)4)20-18(22)13(5)21(26(7,23)24)15-10-14(19)8-9-16(15)25-6/h8-13,17H,1-7H3,(H,20,22). The number of ether oxygens (including phenoxy) is 1. The van der Waals surface area contributed by atoms with Crippen LogP contribution in [0.5, 0.6) is 5.75 Å². The Balaban J connectivity index is 3.31. The third-order valence-electron chi connectivity index (χ3n) is 4.21. The third kappa shape index (κ3) is 5.51. The van der Waals surface area contributed by atoms with E-state index in [0.29, 0.717) is 10.8 Å². The van der Waals surface area contributed by atoms with Crippen LogP contribution in [0.4, 0.5) is 5.69 Å². The number of hydrogen-bond acceptors (Lipinski definition) is 4. The summed E-state index contributed by atoms with van der Waals surface area (Å²) in [5, 5.41) is 3.32. The lowest BCUT2D eigenvalue weighted by molar-refractivity contribution is -0.123. The van der Waals surface area contributed by atoms with Crippen molar-refractivity contribution in [1.29, 1.82) is 0 Å². The molecule has 1 N–H and O–H groups in total.